The molecule has 124 valence electrons. The van der Waals surface area contributed by atoms with E-state index in [9.17, 15) is 0 Å². The summed E-state index contributed by atoms with van der Waals surface area (Å²) in [6.07, 6.45) is 5.63. The Bertz CT molecular complexity index is 613. The first-order valence-electron chi connectivity index (χ1n) is 8.37. The lowest BCUT2D eigenvalue weighted by Crippen LogP contribution is -2.10. The molecule has 1 unspecified atom stereocenters. The van der Waals surface area contributed by atoms with Gasteiger partial charge in [0, 0.05) is 44.0 Å². The number of anilines is 1. The lowest BCUT2D eigenvalue weighted by Gasteiger charge is -2.08. The Morgan fingerprint density at radius 3 is 2.91 bits per heavy atom. The monoisotopic (exact) mass is 316 g/mol. The lowest BCUT2D eigenvalue weighted by atomic mass is 10.2. The summed E-state index contributed by atoms with van der Waals surface area (Å²) in [4.78, 5) is 9.01. The molecule has 1 aliphatic rings. The summed E-state index contributed by atoms with van der Waals surface area (Å²) in [5.74, 6) is 1.78. The minimum atomic E-state index is 0.338. The Kier molecular flexibility index (Phi) is 5.17. The molecule has 0 bridgehead atoms. The van der Waals surface area contributed by atoms with Gasteiger partial charge in [0.2, 0.25) is 0 Å². The Hall–Kier alpha value is -2.02. The molecule has 0 spiro atoms. The molecule has 3 heterocycles. The molecule has 0 amide bonds. The van der Waals surface area contributed by atoms with E-state index in [4.69, 9.17) is 4.74 Å². The second-order valence-corrected chi connectivity index (χ2v) is 5.75. The molecule has 0 saturated carbocycles. The number of nitrogens with zero attached hydrogens (tertiary/aromatic N) is 5. The van der Waals surface area contributed by atoms with Crippen LogP contribution in [-0.2, 0) is 24.0 Å². The molecule has 1 atom stereocenters. The van der Waals surface area contributed by atoms with Gasteiger partial charge in [0.05, 0.1) is 18.3 Å². The predicted octanol–water partition coefficient (Wildman–Crippen LogP) is 1.81. The third-order valence-electron chi connectivity index (χ3n) is 4.03. The smallest absolute Gasteiger partial charge is 0.130 e. The van der Waals surface area contributed by atoms with Crippen molar-refractivity contribution in [2.24, 2.45) is 0 Å². The molecule has 0 aliphatic carbocycles. The minimum Gasteiger partial charge on any atom is -0.379 e. The quantitative estimate of drug-likeness (QED) is 0.839. The number of aromatic nitrogens is 5. The molecule has 0 aromatic carbocycles. The first-order chi connectivity index (χ1) is 11.3. The largest absolute Gasteiger partial charge is 0.379 e. The van der Waals surface area contributed by atoms with Crippen molar-refractivity contribution in [2.45, 2.75) is 45.6 Å². The van der Waals surface area contributed by atoms with Crippen LogP contribution in [0.2, 0.25) is 0 Å². The van der Waals surface area contributed by atoms with Crippen LogP contribution in [0.4, 0.5) is 5.82 Å². The highest BCUT2D eigenvalue weighted by atomic mass is 16.5. The first kappa shape index (κ1) is 15.9. The summed E-state index contributed by atoms with van der Waals surface area (Å²) in [6, 6.07) is 2.36. The zero-order valence-electron chi connectivity index (χ0n) is 13.8. The van der Waals surface area contributed by atoms with Crippen LogP contribution < -0.4 is 5.32 Å². The Balaban J connectivity index is 1.55. The molecule has 1 saturated heterocycles. The van der Waals surface area contributed by atoms with E-state index in [1.165, 1.54) is 0 Å². The molecule has 7 nitrogen and oxygen atoms in total. The summed E-state index contributed by atoms with van der Waals surface area (Å²) >= 11 is 0. The van der Waals surface area contributed by atoms with Gasteiger partial charge in [-0.05, 0) is 12.8 Å². The molecular formula is C16H24N6O. The highest BCUT2D eigenvalue weighted by molar-refractivity contribution is 5.36. The minimum absolute atomic E-state index is 0.338. The van der Waals surface area contributed by atoms with Gasteiger partial charge >= 0.3 is 0 Å². The van der Waals surface area contributed by atoms with Crippen molar-refractivity contribution in [1.29, 1.82) is 0 Å². The predicted molar refractivity (Wildman–Crippen MR) is 87.5 cm³/mol. The van der Waals surface area contributed by atoms with E-state index >= 15 is 0 Å². The zero-order valence-corrected chi connectivity index (χ0v) is 13.8. The molecule has 1 fully saturated rings. The molecule has 2 aromatic rings. The lowest BCUT2D eigenvalue weighted by molar-refractivity contribution is 0.184. The molecular weight excluding hydrogens is 292 g/mol. The average Bonchev–Trinajstić information content (AvgIpc) is 3.25. The Morgan fingerprint density at radius 1 is 1.26 bits per heavy atom. The normalized spacial score (nSPS) is 17.6. The number of ether oxygens (including phenoxy) is 1. The van der Waals surface area contributed by atoms with Gasteiger partial charge in [-0.3, -0.25) is 0 Å². The highest BCUT2D eigenvalue weighted by Gasteiger charge is 2.18. The van der Waals surface area contributed by atoms with Crippen molar-refractivity contribution in [1.82, 2.24) is 25.0 Å². The molecule has 2 aromatic heterocycles. The second kappa shape index (κ2) is 7.50. The van der Waals surface area contributed by atoms with Crippen LogP contribution in [0.5, 0.6) is 0 Å². The summed E-state index contributed by atoms with van der Waals surface area (Å²) in [6.45, 7) is 6.51. The van der Waals surface area contributed by atoms with E-state index < -0.39 is 0 Å². The van der Waals surface area contributed by atoms with E-state index in [1.807, 2.05) is 16.9 Å². The van der Waals surface area contributed by atoms with Crippen LogP contribution in [0.25, 0.3) is 0 Å². The number of rotatable bonds is 7. The van der Waals surface area contributed by atoms with E-state index in [2.05, 4.69) is 39.4 Å². The molecule has 7 heteroatoms. The maximum absolute atomic E-state index is 5.39. The second-order valence-electron chi connectivity index (χ2n) is 5.75. The van der Waals surface area contributed by atoms with E-state index in [0.29, 0.717) is 6.04 Å². The van der Waals surface area contributed by atoms with Crippen molar-refractivity contribution < 1.29 is 4.74 Å². The molecule has 23 heavy (non-hydrogen) atoms. The van der Waals surface area contributed by atoms with E-state index in [-0.39, 0.29) is 0 Å². The summed E-state index contributed by atoms with van der Waals surface area (Å²) in [5.41, 5.74) is 2.07. The van der Waals surface area contributed by atoms with Crippen LogP contribution in [0.3, 0.4) is 0 Å². The van der Waals surface area contributed by atoms with Gasteiger partial charge in [-0.1, -0.05) is 19.1 Å². The highest BCUT2D eigenvalue weighted by Crippen LogP contribution is 2.17. The Labute approximate surface area is 136 Å². The van der Waals surface area contributed by atoms with Crippen LogP contribution in [0.15, 0.2) is 12.3 Å². The van der Waals surface area contributed by atoms with Gasteiger partial charge in [0.25, 0.3) is 0 Å². The van der Waals surface area contributed by atoms with Crippen molar-refractivity contribution in [3.05, 3.63) is 29.5 Å². The molecule has 1 N–H and O–H groups in total. The third-order valence-corrected chi connectivity index (χ3v) is 4.03. The van der Waals surface area contributed by atoms with Crippen molar-refractivity contribution in [3.63, 3.8) is 0 Å². The standard InChI is InChI=1S/C16H24N6O/c1-3-12-9-16(19-15(4-2)18-12)17-7-5-13-10-22(21-20-13)14-6-8-23-11-14/h9-10,14H,3-8,11H2,1-2H3,(H,17,18,19). The van der Waals surface area contributed by atoms with Crippen molar-refractivity contribution in [3.8, 4) is 0 Å². The van der Waals surface area contributed by atoms with Gasteiger partial charge < -0.3 is 10.1 Å². The summed E-state index contributed by atoms with van der Waals surface area (Å²) in [5, 5.41) is 11.8. The van der Waals surface area contributed by atoms with E-state index in [1.54, 1.807) is 0 Å². The fourth-order valence-electron chi connectivity index (χ4n) is 2.64. The van der Waals surface area contributed by atoms with Crippen LogP contribution in [0.1, 0.15) is 43.5 Å². The SMILES string of the molecule is CCc1cc(NCCc2cn(C3CCOC3)nn2)nc(CC)n1. The average molecular weight is 316 g/mol. The maximum atomic E-state index is 5.39. The first-order valence-corrected chi connectivity index (χ1v) is 8.37. The Morgan fingerprint density at radius 2 is 2.17 bits per heavy atom. The zero-order chi connectivity index (χ0) is 16.1. The van der Waals surface area contributed by atoms with Gasteiger partial charge in [-0.2, -0.15) is 0 Å². The van der Waals surface area contributed by atoms with Crippen LogP contribution >= 0.6 is 0 Å². The number of aryl methyl sites for hydroxylation is 2. The summed E-state index contributed by atoms with van der Waals surface area (Å²) < 4.78 is 7.32. The number of hydrogen-bond acceptors (Lipinski definition) is 6. The van der Waals surface area contributed by atoms with Gasteiger partial charge in [0.15, 0.2) is 0 Å². The molecule has 0 radical (unpaired) electrons. The van der Waals surface area contributed by atoms with E-state index in [0.717, 1.165) is 68.5 Å². The van der Waals surface area contributed by atoms with Gasteiger partial charge in [-0.15, -0.1) is 5.10 Å². The molecule has 1 aliphatic heterocycles. The number of hydrogen-bond donors (Lipinski definition) is 1. The fraction of sp³-hybridized carbons (Fsp3) is 0.625. The van der Waals surface area contributed by atoms with Crippen molar-refractivity contribution >= 4 is 5.82 Å². The van der Waals surface area contributed by atoms with Gasteiger partial charge in [-0.25, -0.2) is 14.6 Å². The third kappa shape index (κ3) is 4.04. The van der Waals surface area contributed by atoms with Crippen LogP contribution in [0, 0.1) is 0 Å². The number of nitrogens with one attached hydrogen (secondary N) is 1. The fourth-order valence-corrected chi connectivity index (χ4v) is 2.64. The summed E-state index contributed by atoms with van der Waals surface area (Å²) in [7, 11) is 0. The topological polar surface area (TPSA) is 77.8 Å². The molecule has 3 rings (SSSR count). The van der Waals surface area contributed by atoms with Crippen LogP contribution in [-0.4, -0.2) is 44.7 Å². The maximum Gasteiger partial charge on any atom is 0.130 e. The van der Waals surface area contributed by atoms with Crippen molar-refractivity contribution in [2.75, 3.05) is 25.1 Å². The van der Waals surface area contributed by atoms with Gasteiger partial charge in [0.1, 0.15) is 11.6 Å².